The van der Waals surface area contributed by atoms with Gasteiger partial charge in [0.15, 0.2) is 0 Å². The maximum atomic E-state index is 8.67. The van der Waals surface area contributed by atoms with Gasteiger partial charge in [0.1, 0.15) is 6.07 Å². The molecule has 1 aromatic carbocycles. The van der Waals surface area contributed by atoms with E-state index in [0.717, 1.165) is 14.0 Å². The van der Waals surface area contributed by atoms with E-state index < -0.39 is 0 Å². The zero-order valence-corrected chi connectivity index (χ0v) is 8.98. The summed E-state index contributed by atoms with van der Waals surface area (Å²) in [6, 6.07) is 5.93. The van der Waals surface area contributed by atoms with Crippen molar-refractivity contribution in [3.63, 3.8) is 0 Å². The Morgan fingerprint density at radius 1 is 1.55 bits per heavy atom. The number of nitrogens with zero attached hydrogens (tertiary/aromatic N) is 1. The van der Waals surface area contributed by atoms with E-state index >= 15 is 0 Å². The second-order valence-corrected chi connectivity index (χ2v) is 3.92. The Balaban J connectivity index is 3.39. The highest BCUT2D eigenvalue weighted by molar-refractivity contribution is 14.1. The summed E-state index contributed by atoms with van der Waals surface area (Å²) in [5.74, 6) is 0. The molecule has 0 unspecified atom stereocenters. The van der Waals surface area contributed by atoms with Crippen LogP contribution in [0.3, 0.4) is 0 Å². The van der Waals surface area contributed by atoms with E-state index in [1.54, 1.807) is 0 Å². The van der Waals surface area contributed by atoms with Crippen LogP contribution in [0.5, 0.6) is 0 Å². The molecule has 1 rings (SSSR count). The molecular weight excluding hydrogens is 269 g/mol. The van der Waals surface area contributed by atoms with Gasteiger partial charge in [-0.05, 0) is 47.2 Å². The molecule has 0 aromatic heterocycles. The third-order valence-corrected chi connectivity index (χ3v) is 2.60. The summed E-state index contributed by atoms with van der Waals surface area (Å²) >= 11 is 6.40. The average Bonchev–Trinajstić information content (AvgIpc) is 1.96. The van der Waals surface area contributed by atoms with Crippen LogP contribution in [0.1, 0.15) is 11.1 Å². The van der Waals surface area contributed by atoms with E-state index in [2.05, 4.69) is 41.3 Å². The zero-order valence-electron chi connectivity index (χ0n) is 5.93. The Hall–Kier alpha value is -0.210. The van der Waals surface area contributed by atoms with Gasteiger partial charge >= 0.3 is 0 Å². The number of halogens is 1. The van der Waals surface area contributed by atoms with E-state index in [4.69, 9.17) is 5.26 Å². The van der Waals surface area contributed by atoms with Crippen molar-refractivity contribution < 1.29 is 0 Å². The number of thiol groups is 1. The predicted molar refractivity (Wildman–Crippen MR) is 55.9 cm³/mol. The van der Waals surface area contributed by atoms with Crippen LogP contribution in [0.15, 0.2) is 17.0 Å². The molecule has 0 saturated carbocycles. The minimum absolute atomic E-state index is 0.651. The third kappa shape index (κ3) is 1.88. The summed E-state index contributed by atoms with van der Waals surface area (Å²) in [6.45, 7) is 1.95. The van der Waals surface area contributed by atoms with Crippen molar-refractivity contribution >= 4 is 35.2 Å². The normalized spacial score (nSPS) is 9.27. The highest BCUT2D eigenvalue weighted by Crippen LogP contribution is 2.20. The fraction of sp³-hybridized carbons (Fsp3) is 0.125. The van der Waals surface area contributed by atoms with Crippen LogP contribution in [0.4, 0.5) is 0 Å². The van der Waals surface area contributed by atoms with Crippen LogP contribution < -0.4 is 0 Å². The molecule has 0 aliphatic rings. The van der Waals surface area contributed by atoms with Crippen LogP contribution in [0.25, 0.3) is 0 Å². The van der Waals surface area contributed by atoms with Crippen molar-refractivity contribution in [2.75, 3.05) is 0 Å². The number of aryl methyl sites for hydroxylation is 1. The SMILES string of the molecule is Cc1cc(I)cc(C#N)c1S. The third-order valence-electron chi connectivity index (χ3n) is 1.39. The molecule has 1 nitrogen and oxygen atoms in total. The number of hydrogen-bond acceptors (Lipinski definition) is 2. The van der Waals surface area contributed by atoms with Crippen molar-refractivity contribution in [2.45, 2.75) is 11.8 Å². The molecule has 11 heavy (non-hydrogen) atoms. The zero-order chi connectivity index (χ0) is 8.43. The molecule has 0 heterocycles. The summed E-state index contributed by atoms with van der Waals surface area (Å²) in [5, 5.41) is 8.67. The van der Waals surface area contributed by atoms with Crippen LogP contribution in [0.2, 0.25) is 0 Å². The van der Waals surface area contributed by atoms with Crippen LogP contribution in [-0.2, 0) is 0 Å². The van der Waals surface area contributed by atoms with Gasteiger partial charge in [-0.25, -0.2) is 0 Å². The molecule has 0 bridgehead atoms. The lowest BCUT2D eigenvalue weighted by molar-refractivity contribution is 1.26. The van der Waals surface area contributed by atoms with E-state index in [0.29, 0.717) is 5.56 Å². The summed E-state index contributed by atoms with van der Waals surface area (Å²) in [6.07, 6.45) is 0. The van der Waals surface area contributed by atoms with Gasteiger partial charge in [0.05, 0.1) is 5.56 Å². The maximum Gasteiger partial charge on any atom is 0.100 e. The fourth-order valence-electron chi connectivity index (χ4n) is 0.821. The van der Waals surface area contributed by atoms with Gasteiger partial charge in [-0.15, -0.1) is 12.6 Å². The molecule has 0 aliphatic heterocycles. The topological polar surface area (TPSA) is 23.8 Å². The Kier molecular flexibility index (Phi) is 2.79. The Bertz CT molecular complexity index is 328. The Labute approximate surface area is 85.0 Å². The molecule has 0 atom stereocenters. The van der Waals surface area contributed by atoms with E-state index in [9.17, 15) is 0 Å². The van der Waals surface area contributed by atoms with Crippen molar-refractivity contribution in [3.8, 4) is 6.07 Å². The fourth-order valence-corrected chi connectivity index (χ4v) is 1.78. The second kappa shape index (κ2) is 3.46. The van der Waals surface area contributed by atoms with Crippen molar-refractivity contribution in [1.29, 1.82) is 5.26 Å². The summed E-state index contributed by atoms with van der Waals surface area (Å²) in [4.78, 5) is 0.785. The van der Waals surface area contributed by atoms with E-state index in [1.165, 1.54) is 0 Å². The number of nitriles is 1. The van der Waals surface area contributed by atoms with Gasteiger partial charge in [0.25, 0.3) is 0 Å². The van der Waals surface area contributed by atoms with Crippen molar-refractivity contribution in [1.82, 2.24) is 0 Å². The maximum absolute atomic E-state index is 8.67. The summed E-state index contributed by atoms with van der Waals surface area (Å²) in [5.41, 5.74) is 1.70. The molecule has 0 radical (unpaired) electrons. The number of benzene rings is 1. The lowest BCUT2D eigenvalue weighted by atomic mass is 10.1. The van der Waals surface area contributed by atoms with Gasteiger partial charge in [-0.2, -0.15) is 5.26 Å². The molecule has 0 saturated heterocycles. The average molecular weight is 275 g/mol. The molecule has 0 spiro atoms. The quantitative estimate of drug-likeness (QED) is 0.571. The molecule has 0 N–H and O–H groups in total. The summed E-state index contributed by atoms with van der Waals surface area (Å²) < 4.78 is 1.08. The highest BCUT2D eigenvalue weighted by atomic mass is 127. The minimum atomic E-state index is 0.651. The Morgan fingerprint density at radius 2 is 2.18 bits per heavy atom. The molecular formula is C8H6INS. The second-order valence-electron chi connectivity index (χ2n) is 2.23. The van der Waals surface area contributed by atoms with Gasteiger partial charge in [0.2, 0.25) is 0 Å². The standard InChI is InChI=1S/C8H6INS/c1-5-2-7(9)3-6(4-10)8(5)11/h2-3,11H,1H3. The predicted octanol–water partition coefficient (Wildman–Crippen LogP) is 2.76. The van der Waals surface area contributed by atoms with Crippen LogP contribution in [-0.4, -0.2) is 0 Å². The van der Waals surface area contributed by atoms with Gasteiger partial charge in [-0.3, -0.25) is 0 Å². The van der Waals surface area contributed by atoms with E-state index in [-0.39, 0.29) is 0 Å². The van der Waals surface area contributed by atoms with Crippen LogP contribution >= 0.6 is 35.2 Å². The smallest absolute Gasteiger partial charge is 0.100 e. The largest absolute Gasteiger partial charge is 0.192 e. The molecule has 1 aromatic rings. The number of rotatable bonds is 0. The Morgan fingerprint density at radius 3 is 2.73 bits per heavy atom. The molecule has 0 fully saturated rings. The minimum Gasteiger partial charge on any atom is -0.192 e. The van der Waals surface area contributed by atoms with Crippen LogP contribution in [0, 0.1) is 21.8 Å². The van der Waals surface area contributed by atoms with Crippen molar-refractivity contribution in [3.05, 3.63) is 26.8 Å². The lowest BCUT2D eigenvalue weighted by Crippen LogP contribution is -1.84. The van der Waals surface area contributed by atoms with Gasteiger partial charge in [0, 0.05) is 8.47 Å². The van der Waals surface area contributed by atoms with Crippen molar-refractivity contribution in [2.24, 2.45) is 0 Å². The first-order valence-corrected chi connectivity index (χ1v) is 4.57. The molecule has 3 heteroatoms. The first kappa shape index (κ1) is 8.88. The molecule has 0 aliphatic carbocycles. The first-order chi connectivity index (χ1) is 5.15. The molecule has 0 amide bonds. The monoisotopic (exact) mass is 275 g/mol. The number of hydrogen-bond donors (Lipinski definition) is 1. The van der Waals surface area contributed by atoms with E-state index in [1.807, 2.05) is 19.1 Å². The lowest BCUT2D eigenvalue weighted by Gasteiger charge is -2.00. The molecule has 56 valence electrons. The van der Waals surface area contributed by atoms with Gasteiger partial charge in [-0.1, -0.05) is 0 Å². The summed E-state index contributed by atoms with van der Waals surface area (Å²) in [7, 11) is 0. The first-order valence-electron chi connectivity index (χ1n) is 3.04. The van der Waals surface area contributed by atoms with Gasteiger partial charge < -0.3 is 0 Å². The highest BCUT2D eigenvalue weighted by Gasteiger charge is 2.01.